The molecule has 0 bridgehead atoms. The molecule has 202 valence electrons. The topological polar surface area (TPSA) is 165 Å². The van der Waals surface area contributed by atoms with Gasteiger partial charge in [0.25, 0.3) is 5.91 Å². The molecule has 0 spiro atoms. The van der Waals surface area contributed by atoms with Gasteiger partial charge in [0.15, 0.2) is 5.09 Å². The van der Waals surface area contributed by atoms with Crippen LogP contribution in [0, 0.1) is 0 Å². The third-order valence-corrected chi connectivity index (χ3v) is 6.26. The molecule has 1 atom stereocenters. The van der Waals surface area contributed by atoms with Gasteiger partial charge >= 0.3 is 6.09 Å². The summed E-state index contributed by atoms with van der Waals surface area (Å²) in [6.07, 6.45) is 3.82. The average Bonchev–Trinajstić information content (AvgIpc) is 3.76. The first-order valence-electron chi connectivity index (χ1n) is 12.0. The highest BCUT2D eigenvalue weighted by Gasteiger charge is 2.22. The molecule has 0 fully saturated rings. The Hall–Kier alpha value is -5.24. The SMILES string of the molecule is O=C(N[C@@H](Cc1cnc[nH]1)C(=O)N/N=C\c1ccc(Sc2nnnn2-c2ccccc2)o1)OCc1ccccc1. The zero-order valence-corrected chi connectivity index (χ0v) is 21.7. The number of carbonyl (C=O) groups is 2. The summed E-state index contributed by atoms with van der Waals surface area (Å²) in [4.78, 5) is 32.1. The smallest absolute Gasteiger partial charge is 0.408 e. The number of hydrogen-bond acceptors (Lipinski definition) is 10. The molecule has 14 heteroatoms. The zero-order valence-electron chi connectivity index (χ0n) is 20.9. The zero-order chi connectivity index (χ0) is 27.6. The van der Waals surface area contributed by atoms with Crippen LogP contribution in [-0.2, 0) is 22.6 Å². The normalized spacial score (nSPS) is 11.8. The molecule has 5 rings (SSSR count). The van der Waals surface area contributed by atoms with Gasteiger partial charge in [-0.2, -0.15) is 9.78 Å². The molecule has 3 aromatic heterocycles. The van der Waals surface area contributed by atoms with Gasteiger partial charge in [-0.1, -0.05) is 48.5 Å². The van der Waals surface area contributed by atoms with Gasteiger partial charge < -0.3 is 19.5 Å². The number of imidazole rings is 1. The summed E-state index contributed by atoms with van der Waals surface area (Å²) in [5.41, 5.74) is 4.72. The first-order chi connectivity index (χ1) is 19.6. The van der Waals surface area contributed by atoms with Crippen LogP contribution in [0.1, 0.15) is 17.0 Å². The number of amides is 2. The van der Waals surface area contributed by atoms with Crippen LogP contribution in [0.4, 0.5) is 4.79 Å². The molecular weight excluding hydrogens is 534 g/mol. The van der Waals surface area contributed by atoms with E-state index in [-0.39, 0.29) is 13.0 Å². The van der Waals surface area contributed by atoms with E-state index >= 15 is 0 Å². The van der Waals surface area contributed by atoms with Crippen molar-refractivity contribution in [1.29, 1.82) is 0 Å². The Morgan fingerprint density at radius 1 is 1.10 bits per heavy atom. The number of rotatable bonds is 11. The second-order valence-corrected chi connectivity index (χ2v) is 9.21. The summed E-state index contributed by atoms with van der Waals surface area (Å²) in [6.45, 7) is 0.0692. The van der Waals surface area contributed by atoms with Crippen molar-refractivity contribution in [2.45, 2.75) is 29.3 Å². The molecule has 13 nitrogen and oxygen atoms in total. The van der Waals surface area contributed by atoms with Gasteiger partial charge in [-0.3, -0.25) is 4.79 Å². The number of nitrogens with one attached hydrogen (secondary N) is 3. The molecule has 0 saturated carbocycles. The van der Waals surface area contributed by atoms with Gasteiger partial charge in [0.1, 0.15) is 18.4 Å². The summed E-state index contributed by atoms with van der Waals surface area (Å²) in [7, 11) is 0. The third-order valence-electron chi connectivity index (χ3n) is 5.40. The Morgan fingerprint density at radius 3 is 2.67 bits per heavy atom. The van der Waals surface area contributed by atoms with Crippen LogP contribution in [0.25, 0.3) is 5.69 Å². The van der Waals surface area contributed by atoms with Crippen molar-refractivity contribution in [2.24, 2.45) is 5.10 Å². The molecule has 3 N–H and O–H groups in total. The number of furan rings is 1. The highest BCUT2D eigenvalue weighted by atomic mass is 32.2. The van der Waals surface area contributed by atoms with E-state index in [0.29, 0.717) is 21.7 Å². The summed E-state index contributed by atoms with van der Waals surface area (Å²) in [5.74, 6) is -0.160. The summed E-state index contributed by atoms with van der Waals surface area (Å²) >= 11 is 1.23. The molecule has 0 aliphatic carbocycles. The number of aromatic amines is 1. The summed E-state index contributed by atoms with van der Waals surface area (Å²) in [6, 6.07) is 21.2. The predicted molar refractivity (Wildman–Crippen MR) is 144 cm³/mol. The van der Waals surface area contributed by atoms with Gasteiger partial charge in [0.05, 0.1) is 18.2 Å². The van der Waals surface area contributed by atoms with Crippen LogP contribution in [-0.4, -0.2) is 54.4 Å². The fraction of sp³-hybridized carbons (Fsp3) is 0.115. The third kappa shape index (κ3) is 7.20. The standard InChI is InChI=1S/C26H23N9O4S/c36-24(22(13-19-14-27-17-28-19)30-26(37)38-16-18-7-3-1-4-8-18)31-29-15-21-11-12-23(39-21)40-25-32-33-34-35(25)20-9-5-2-6-10-20/h1-12,14-15,17,22H,13,16H2,(H,27,28)(H,30,37)(H,31,36)/b29-15-/t22-/m0/s1. The van der Waals surface area contributed by atoms with Crippen molar-refractivity contribution >= 4 is 30.0 Å². The largest absolute Gasteiger partial charge is 0.448 e. The summed E-state index contributed by atoms with van der Waals surface area (Å²) in [5, 5.41) is 19.4. The van der Waals surface area contributed by atoms with Crippen molar-refractivity contribution < 1.29 is 18.7 Å². The van der Waals surface area contributed by atoms with Crippen LogP contribution < -0.4 is 10.7 Å². The number of aromatic nitrogens is 6. The number of para-hydroxylation sites is 1. The molecule has 0 aliphatic heterocycles. The van der Waals surface area contributed by atoms with Crippen molar-refractivity contribution in [3.63, 3.8) is 0 Å². The maximum atomic E-state index is 12.9. The first-order valence-corrected chi connectivity index (χ1v) is 12.8. The Labute approximate surface area is 232 Å². The van der Waals surface area contributed by atoms with Gasteiger partial charge in [-0.05, 0) is 52.0 Å². The number of hydrogen-bond donors (Lipinski definition) is 3. The maximum absolute atomic E-state index is 12.9. The Bertz CT molecular complexity index is 1550. The molecule has 0 radical (unpaired) electrons. The molecule has 0 saturated heterocycles. The van der Waals surface area contributed by atoms with E-state index in [1.807, 2.05) is 60.7 Å². The lowest BCUT2D eigenvalue weighted by molar-refractivity contribution is -0.123. The lowest BCUT2D eigenvalue weighted by Crippen LogP contribution is -2.47. The minimum Gasteiger partial charge on any atom is -0.448 e. The predicted octanol–water partition coefficient (Wildman–Crippen LogP) is 3.12. The lowest BCUT2D eigenvalue weighted by atomic mass is 10.1. The monoisotopic (exact) mass is 557 g/mol. The number of carbonyl (C=O) groups excluding carboxylic acids is 2. The van der Waals surface area contributed by atoms with Gasteiger partial charge in [0, 0.05) is 18.3 Å². The number of alkyl carbamates (subject to hydrolysis) is 1. The van der Waals surface area contributed by atoms with E-state index in [9.17, 15) is 9.59 Å². The molecule has 5 aromatic rings. The molecule has 3 heterocycles. The molecule has 40 heavy (non-hydrogen) atoms. The maximum Gasteiger partial charge on any atom is 0.408 e. The number of tetrazole rings is 1. The molecule has 0 aliphatic rings. The number of benzene rings is 2. The van der Waals surface area contributed by atoms with E-state index in [0.717, 1.165) is 11.3 Å². The molecular formula is C26H23N9O4S. The number of ether oxygens (including phenoxy) is 1. The second-order valence-electron chi connectivity index (χ2n) is 8.24. The Morgan fingerprint density at radius 2 is 1.90 bits per heavy atom. The molecule has 0 unspecified atom stereocenters. The van der Waals surface area contributed by atoms with Gasteiger partial charge in [-0.25, -0.2) is 15.2 Å². The summed E-state index contributed by atoms with van der Waals surface area (Å²) < 4.78 is 12.6. The number of nitrogens with zero attached hydrogens (tertiary/aromatic N) is 6. The second kappa shape index (κ2) is 13.0. The Balaban J connectivity index is 1.17. The van der Waals surface area contributed by atoms with Crippen LogP contribution >= 0.6 is 11.8 Å². The highest BCUT2D eigenvalue weighted by molar-refractivity contribution is 7.99. The van der Waals surface area contributed by atoms with E-state index in [4.69, 9.17) is 9.15 Å². The van der Waals surface area contributed by atoms with Crippen molar-refractivity contribution in [3.05, 3.63) is 102 Å². The van der Waals surface area contributed by atoms with Crippen LogP contribution in [0.3, 0.4) is 0 Å². The van der Waals surface area contributed by atoms with Gasteiger partial charge in [-0.15, -0.1) is 5.10 Å². The fourth-order valence-corrected chi connectivity index (χ4v) is 4.25. The minimum absolute atomic E-state index is 0.0692. The van der Waals surface area contributed by atoms with E-state index in [1.165, 1.54) is 24.3 Å². The van der Waals surface area contributed by atoms with E-state index < -0.39 is 18.0 Å². The molecule has 2 aromatic carbocycles. The van der Waals surface area contributed by atoms with Crippen molar-refractivity contribution in [1.82, 2.24) is 40.9 Å². The van der Waals surface area contributed by atoms with Crippen LogP contribution in [0.5, 0.6) is 0 Å². The van der Waals surface area contributed by atoms with E-state index in [1.54, 1.807) is 23.0 Å². The van der Waals surface area contributed by atoms with Crippen molar-refractivity contribution in [2.75, 3.05) is 0 Å². The first kappa shape index (κ1) is 26.4. The number of H-pyrrole nitrogens is 1. The average molecular weight is 558 g/mol. The van der Waals surface area contributed by atoms with E-state index in [2.05, 4.69) is 41.3 Å². The fourth-order valence-electron chi connectivity index (χ4n) is 3.49. The molecule has 2 amide bonds. The van der Waals surface area contributed by atoms with Crippen LogP contribution in [0.15, 0.2) is 105 Å². The minimum atomic E-state index is -0.972. The Kier molecular flexibility index (Phi) is 8.58. The highest BCUT2D eigenvalue weighted by Crippen LogP contribution is 2.28. The van der Waals surface area contributed by atoms with Gasteiger partial charge in [0.2, 0.25) is 5.16 Å². The number of hydrazone groups is 1. The van der Waals surface area contributed by atoms with Crippen LogP contribution in [0.2, 0.25) is 0 Å². The van der Waals surface area contributed by atoms with Crippen molar-refractivity contribution in [3.8, 4) is 5.69 Å². The quantitative estimate of drug-likeness (QED) is 0.163. The lowest BCUT2D eigenvalue weighted by Gasteiger charge is -2.16.